The van der Waals surface area contributed by atoms with Gasteiger partial charge in [-0.05, 0) is 18.4 Å². The van der Waals surface area contributed by atoms with Crippen molar-refractivity contribution in [1.82, 2.24) is 4.98 Å². The minimum atomic E-state index is -0.0781. The van der Waals surface area contributed by atoms with Crippen LogP contribution in [0.5, 0.6) is 5.75 Å². The van der Waals surface area contributed by atoms with Gasteiger partial charge >= 0.3 is 0 Å². The number of nitrogens with one attached hydrogen (secondary N) is 2. The van der Waals surface area contributed by atoms with Gasteiger partial charge in [0.25, 0.3) is 0 Å². The first-order valence-corrected chi connectivity index (χ1v) is 11.9. The first kappa shape index (κ1) is 25.4. The Bertz CT molecular complexity index is 780. The average molecular weight is 440 g/mol. The van der Waals surface area contributed by atoms with E-state index in [9.17, 15) is 9.59 Å². The number of benzene rings is 1. The maximum absolute atomic E-state index is 12.3. The SMILES string of the molecule is CCCCCCC(=O)Nc1cc(OCc2ccccc2)cc(NC(=O)CCCCCC)n1. The number of ether oxygens (including phenoxy) is 1. The number of amides is 2. The van der Waals surface area contributed by atoms with Crippen LogP contribution >= 0.6 is 0 Å². The molecule has 32 heavy (non-hydrogen) atoms. The third-order valence-corrected chi connectivity index (χ3v) is 5.10. The van der Waals surface area contributed by atoms with Gasteiger partial charge < -0.3 is 15.4 Å². The summed E-state index contributed by atoms with van der Waals surface area (Å²) in [4.78, 5) is 29.1. The van der Waals surface area contributed by atoms with Gasteiger partial charge in [0.15, 0.2) is 0 Å². The van der Waals surface area contributed by atoms with Crippen LogP contribution in [-0.4, -0.2) is 16.8 Å². The molecule has 1 aromatic heterocycles. The van der Waals surface area contributed by atoms with E-state index in [2.05, 4.69) is 29.5 Å². The molecule has 2 aromatic rings. The molecule has 1 aromatic carbocycles. The van der Waals surface area contributed by atoms with Gasteiger partial charge in [0.2, 0.25) is 11.8 Å². The summed E-state index contributed by atoms with van der Waals surface area (Å²) < 4.78 is 5.92. The molecule has 0 atom stereocenters. The van der Waals surface area contributed by atoms with Gasteiger partial charge in [-0.1, -0.05) is 82.7 Å². The number of hydrogen-bond donors (Lipinski definition) is 2. The monoisotopic (exact) mass is 439 g/mol. The first-order valence-electron chi connectivity index (χ1n) is 11.9. The fourth-order valence-electron chi connectivity index (χ4n) is 3.29. The highest BCUT2D eigenvalue weighted by Crippen LogP contribution is 2.23. The molecule has 1 heterocycles. The van der Waals surface area contributed by atoms with Crippen molar-refractivity contribution in [1.29, 1.82) is 0 Å². The minimum Gasteiger partial charge on any atom is -0.489 e. The van der Waals surface area contributed by atoms with Gasteiger partial charge in [-0.3, -0.25) is 9.59 Å². The van der Waals surface area contributed by atoms with Gasteiger partial charge in [-0.2, -0.15) is 0 Å². The lowest BCUT2D eigenvalue weighted by Gasteiger charge is -2.12. The van der Waals surface area contributed by atoms with E-state index in [4.69, 9.17) is 4.74 Å². The van der Waals surface area contributed by atoms with E-state index in [1.165, 1.54) is 0 Å². The van der Waals surface area contributed by atoms with Gasteiger partial charge in [0.1, 0.15) is 24.0 Å². The lowest BCUT2D eigenvalue weighted by molar-refractivity contribution is -0.117. The Hall–Kier alpha value is -2.89. The standard InChI is InChI=1S/C26H37N3O3/c1-3-5-7-12-16-25(30)28-23-18-22(32-20-21-14-10-9-11-15-21)19-24(27-23)29-26(31)17-13-8-6-4-2/h9-11,14-15,18-19H,3-8,12-13,16-17,20H2,1-2H3,(H2,27,28,29,30,31). The molecule has 6 nitrogen and oxygen atoms in total. The molecule has 2 amide bonds. The molecule has 2 rings (SSSR count). The molecule has 0 saturated carbocycles. The Morgan fingerprint density at radius 1 is 0.781 bits per heavy atom. The van der Waals surface area contributed by atoms with Crippen LogP contribution in [0.2, 0.25) is 0 Å². The summed E-state index contributed by atoms with van der Waals surface area (Å²) in [6, 6.07) is 13.2. The Balaban J connectivity index is 2.02. The van der Waals surface area contributed by atoms with Crippen molar-refractivity contribution in [3.8, 4) is 5.75 Å². The van der Waals surface area contributed by atoms with E-state index in [-0.39, 0.29) is 11.8 Å². The van der Waals surface area contributed by atoms with E-state index in [0.29, 0.717) is 36.8 Å². The Labute approximate surface area is 192 Å². The van der Waals surface area contributed by atoms with Crippen molar-refractivity contribution in [2.75, 3.05) is 10.6 Å². The molecule has 174 valence electrons. The predicted molar refractivity (Wildman–Crippen MR) is 130 cm³/mol. The highest BCUT2D eigenvalue weighted by molar-refractivity contribution is 5.92. The molecular formula is C26H37N3O3. The van der Waals surface area contributed by atoms with Crippen LogP contribution in [0.4, 0.5) is 11.6 Å². The summed E-state index contributed by atoms with van der Waals surface area (Å²) in [6.07, 6.45) is 9.21. The summed E-state index contributed by atoms with van der Waals surface area (Å²) in [5.74, 6) is 1.16. The number of hydrogen-bond acceptors (Lipinski definition) is 4. The van der Waals surface area contributed by atoms with Crippen LogP contribution in [0, 0.1) is 0 Å². The fraction of sp³-hybridized carbons (Fsp3) is 0.500. The number of aromatic nitrogens is 1. The van der Waals surface area contributed by atoms with Crippen LogP contribution in [-0.2, 0) is 16.2 Å². The third kappa shape index (κ3) is 10.4. The molecule has 6 heteroatoms. The number of carbonyl (C=O) groups is 2. The smallest absolute Gasteiger partial charge is 0.225 e. The maximum atomic E-state index is 12.3. The topological polar surface area (TPSA) is 80.3 Å². The number of nitrogens with zero attached hydrogens (tertiary/aromatic N) is 1. The zero-order chi connectivity index (χ0) is 23.0. The van der Waals surface area contributed by atoms with Crippen LogP contribution in [0.25, 0.3) is 0 Å². The summed E-state index contributed by atoms with van der Waals surface area (Å²) >= 11 is 0. The van der Waals surface area contributed by atoms with Gasteiger partial charge in [0, 0.05) is 25.0 Å². The van der Waals surface area contributed by atoms with Crippen molar-refractivity contribution in [2.45, 2.75) is 84.7 Å². The number of anilines is 2. The van der Waals surface area contributed by atoms with Crippen molar-refractivity contribution in [3.63, 3.8) is 0 Å². The van der Waals surface area contributed by atoms with Crippen LogP contribution < -0.4 is 15.4 Å². The predicted octanol–water partition coefficient (Wildman–Crippen LogP) is 6.48. The van der Waals surface area contributed by atoms with Crippen LogP contribution in [0.15, 0.2) is 42.5 Å². The lowest BCUT2D eigenvalue weighted by Crippen LogP contribution is -2.16. The number of carbonyl (C=O) groups excluding carboxylic acids is 2. The second kappa shape index (κ2) is 15.0. The molecule has 0 saturated heterocycles. The first-order chi connectivity index (χ1) is 15.6. The van der Waals surface area contributed by atoms with Crippen molar-refractivity contribution < 1.29 is 14.3 Å². The van der Waals surface area contributed by atoms with E-state index in [0.717, 1.165) is 56.9 Å². The Morgan fingerprint density at radius 2 is 1.31 bits per heavy atom. The third-order valence-electron chi connectivity index (χ3n) is 5.10. The fourth-order valence-corrected chi connectivity index (χ4v) is 3.29. The second-order valence-electron chi connectivity index (χ2n) is 8.07. The zero-order valence-electron chi connectivity index (χ0n) is 19.5. The Kier molecular flexibility index (Phi) is 11.9. The quantitative estimate of drug-likeness (QED) is 0.311. The molecule has 0 spiro atoms. The molecule has 2 N–H and O–H groups in total. The van der Waals surface area contributed by atoms with Crippen LogP contribution in [0.3, 0.4) is 0 Å². The lowest BCUT2D eigenvalue weighted by atomic mass is 10.1. The van der Waals surface area contributed by atoms with E-state index in [1.54, 1.807) is 12.1 Å². The second-order valence-corrected chi connectivity index (χ2v) is 8.07. The number of unbranched alkanes of at least 4 members (excludes halogenated alkanes) is 6. The molecule has 0 radical (unpaired) electrons. The summed E-state index contributed by atoms with van der Waals surface area (Å²) in [5, 5.41) is 5.70. The molecule has 0 bridgehead atoms. The Morgan fingerprint density at radius 3 is 1.81 bits per heavy atom. The summed E-state index contributed by atoms with van der Waals surface area (Å²) in [5.41, 5.74) is 1.03. The molecule has 0 aliphatic heterocycles. The summed E-state index contributed by atoms with van der Waals surface area (Å²) in [7, 11) is 0. The largest absolute Gasteiger partial charge is 0.489 e. The highest BCUT2D eigenvalue weighted by atomic mass is 16.5. The van der Waals surface area contributed by atoms with Crippen LogP contribution in [0.1, 0.15) is 83.6 Å². The van der Waals surface area contributed by atoms with E-state index in [1.807, 2.05) is 30.3 Å². The zero-order valence-corrected chi connectivity index (χ0v) is 19.5. The summed E-state index contributed by atoms with van der Waals surface area (Å²) in [6.45, 7) is 4.68. The van der Waals surface area contributed by atoms with Gasteiger partial charge in [-0.15, -0.1) is 0 Å². The molecular weight excluding hydrogens is 402 g/mol. The average Bonchev–Trinajstić information content (AvgIpc) is 2.79. The van der Waals surface area contributed by atoms with Gasteiger partial charge in [-0.25, -0.2) is 4.98 Å². The van der Waals surface area contributed by atoms with E-state index >= 15 is 0 Å². The molecule has 0 unspecified atom stereocenters. The van der Waals surface area contributed by atoms with E-state index < -0.39 is 0 Å². The van der Waals surface area contributed by atoms with Crippen molar-refractivity contribution in [2.24, 2.45) is 0 Å². The van der Waals surface area contributed by atoms with Crippen molar-refractivity contribution >= 4 is 23.5 Å². The molecule has 0 fully saturated rings. The molecule has 0 aliphatic rings. The number of rotatable bonds is 15. The van der Waals surface area contributed by atoms with Crippen molar-refractivity contribution in [3.05, 3.63) is 48.0 Å². The normalized spacial score (nSPS) is 10.6. The molecule has 0 aliphatic carbocycles. The number of pyridine rings is 1. The maximum Gasteiger partial charge on any atom is 0.225 e. The van der Waals surface area contributed by atoms with Gasteiger partial charge in [0.05, 0.1) is 0 Å². The highest BCUT2D eigenvalue weighted by Gasteiger charge is 2.10. The minimum absolute atomic E-state index is 0.0781.